The van der Waals surface area contributed by atoms with E-state index >= 15 is 0 Å². The van der Waals surface area contributed by atoms with Gasteiger partial charge in [-0.1, -0.05) is 0 Å². The maximum absolute atomic E-state index is 11.9. The summed E-state index contributed by atoms with van der Waals surface area (Å²) in [5, 5.41) is 2.97. The van der Waals surface area contributed by atoms with Crippen LogP contribution in [0.3, 0.4) is 0 Å². The van der Waals surface area contributed by atoms with Gasteiger partial charge in [0.2, 0.25) is 20.0 Å². The van der Waals surface area contributed by atoms with Crippen molar-refractivity contribution >= 4 is 31.4 Å². The molecule has 3 N–H and O–H groups in total. The molecular weight excluding hydrogens is 374 g/mol. The molecule has 1 aliphatic carbocycles. The van der Waals surface area contributed by atoms with Gasteiger partial charge in [0.25, 0.3) is 0 Å². The van der Waals surface area contributed by atoms with Crippen LogP contribution in [0.5, 0.6) is 0 Å². The zero-order chi connectivity index (χ0) is 19.4. The largest absolute Gasteiger partial charge is 0.385 e. The second-order valence-corrected chi connectivity index (χ2v) is 11.3. The van der Waals surface area contributed by atoms with Gasteiger partial charge in [0.1, 0.15) is 0 Å². The highest BCUT2D eigenvalue weighted by Crippen LogP contribution is 2.26. The van der Waals surface area contributed by atoms with Gasteiger partial charge in [-0.05, 0) is 69.7 Å². The molecule has 0 atom stereocenters. The Morgan fingerprint density at radius 3 is 2.00 bits per heavy atom. The van der Waals surface area contributed by atoms with E-state index in [0.717, 1.165) is 44.2 Å². The lowest BCUT2D eigenvalue weighted by atomic mass is 9.86. The van der Waals surface area contributed by atoms with Gasteiger partial charge in [0.05, 0.1) is 11.5 Å². The van der Waals surface area contributed by atoms with Gasteiger partial charge < -0.3 is 5.32 Å². The molecule has 9 heteroatoms. The lowest BCUT2D eigenvalue weighted by Crippen LogP contribution is -2.41. The summed E-state index contributed by atoms with van der Waals surface area (Å²) in [4.78, 5) is 0. The Morgan fingerprint density at radius 2 is 1.50 bits per heavy atom. The van der Waals surface area contributed by atoms with Crippen LogP contribution in [0.4, 0.5) is 11.4 Å². The molecule has 0 unspecified atom stereocenters. The normalized spacial score (nSPS) is 21.5. The van der Waals surface area contributed by atoms with Crippen molar-refractivity contribution in [1.29, 1.82) is 0 Å². The molecule has 1 saturated carbocycles. The summed E-state index contributed by atoms with van der Waals surface area (Å²) in [6.45, 7) is 4.20. The minimum atomic E-state index is -3.26. The fraction of sp³-hybridized carbons (Fsp3) is 0.647. The Hall–Kier alpha value is -1.32. The topological polar surface area (TPSA) is 104 Å². The summed E-state index contributed by atoms with van der Waals surface area (Å²) in [7, 11) is -6.46. The molecule has 0 spiro atoms. The van der Waals surface area contributed by atoms with Crippen LogP contribution in [0.25, 0.3) is 0 Å². The summed E-state index contributed by atoms with van der Waals surface area (Å²) >= 11 is 0. The van der Waals surface area contributed by atoms with Gasteiger partial charge in [-0.25, -0.2) is 21.6 Å². The summed E-state index contributed by atoms with van der Waals surface area (Å²) in [6.07, 6.45) is 4.79. The first kappa shape index (κ1) is 21.0. The van der Waals surface area contributed by atoms with Gasteiger partial charge in [0.15, 0.2) is 0 Å². The lowest BCUT2D eigenvalue weighted by Gasteiger charge is -2.29. The van der Waals surface area contributed by atoms with Crippen LogP contribution >= 0.6 is 0 Å². The van der Waals surface area contributed by atoms with Gasteiger partial charge in [-0.15, -0.1) is 0 Å². The van der Waals surface area contributed by atoms with E-state index in [-0.39, 0.29) is 6.04 Å². The van der Waals surface area contributed by atoms with Crippen LogP contribution in [-0.2, 0) is 20.0 Å². The Balaban J connectivity index is 1.76. The SMILES string of the molecule is CC(C)S(=O)(=O)NC1CCC(CNc2ccc(NS(C)(=O)=O)cc2)CC1. The average molecular weight is 404 g/mol. The molecule has 0 saturated heterocycles. The quantitative estimate of drug-likeness (QED) is 0.618. The van der Waals surface area contributed by atoms with Crippen molar-refractivity contribution in [3.05, 3.63) is 24.3 Å². The molecule has 1 aromatic rings. The Labute approximate surface area is 157 Å². The molecule has 7 nitrogen and oxygen atoms in total. The number of anilines is 2. The number of sulfonamides is 2. The summed E-state index contributed by atoms with van der Waals surface area (Å²) in [6, 6.07) is 7.17. The van der Waals surface area contributed by atoms with Crippen LogP contribution < -0.4 is 14.8 Å². The van der Waals surface area contributed by atoms with E-state index in [2.05, 4.69) is 14.8 Å². The average Bonchev–Trinajstić information content (AvgIpc) is 2.54. The van der Waals surface area contributed by atoms with E-state index in [9.17, 15) is 16.8 Å². The zero-order valence-corrected chi connectivity index (χ0v) is 17.2. The standard InChI is InChI=1S/C17H29N3O4S2/c1-13(2)26(23,24)20-17-6-4-14(5-7-17)12-18-15-8-10-16(11-9-15)19-25(3,21)22/h8-11,13-14,17-20H,4-7,12H2,1-3H3. The second kappa shape index (κ2) is 8.58. The van der Waals surface area contributed by atoms with Crippen molar-refractivity contribution in [3.8, 4) is 0 Å². The summed E-state index contributed by atoms with van der Waals surface area (Å²) in [5.74, 6) is 0.503. The molecule has 0 radical (unpaired) electrons. The number of hydrogen-bond donors (Lipinski definition) is 3. The molecule has 0 heterocycles. The van der Waals surface area contributed by atoms with Crippen molar-refractivity contribution in [2.45, 2.75) is 50.8 Å². The van der Waals surface area contributed by atoms with E-state index in [0.29, 0.717) is 11.6 Å². The lowest BCUT2D eigenvalue weighted by molar-refractivity contribution is 0.323. The minimum Gasteiger partial charge on any atom is -0.385 e. The molecule has 0 aliphatic heterocycles. The third-order valence-corrected chi connectivity index (χ3v) is 7.09. The highest BCUT2D eigenvalue weighted by atomic mass is 32.2. The van der Waals surface area contributed by atoms with Gasteiger partial charge >= 0.3 is 0 Å². The third kappa shape index (κ3) is 6.77. The summed E-state index contributed by atoms with van der Waals surface area (Å²) < 4.78 is 51.5. The number of hydrogen-bond acceptors (Lipinski definition) is 5. The van der Waals surface area contributed by atoms with Crippen LogP contribution in [-0.4, -0.2) is 40.9 Å². The number of nitrogens with one attached hydrogen (secondary N) is 3. The Morgan fingerprint density at radius 1 is 0.962 bits per heavy atom. The fourth-order valence-corrected chi connectivity index (χ4v) is 4.52. The molecule has 1 aromatic carbocycles. The van der Waals surface area contributed by atoms with Crippen molar-refractivity contribution < 1.29 is 16.8 Å². The van der Waals surface area contributed by atoms with Crippen molar-refractivity contribution in [2.24, 2.45) is 5.92 Å². The first-order chi connectivity index (χ1) is 12.0. The Kier molecular flexibility index (Phi) is 6.92. The third-order valence-electron chi connectivity index (χ3n) is 4.58. The smallest absolute Gasteiger partial charge is 0.229 e. The zero-order valence-electron chi connectivity index (χ0n) is 15.5. The van der Waals surface area contributed by atoms with E-state index in [1.807, 2.05) is 12.1 Å². The van der Waals surface area contributed by atoms with Crippen molar-refractivity contribution in [3.63, 3.8) is 0 Å². The van der Waals surface area contributed by atoms with E-state index in [1.54, 1.807) is 26.0 Å². The van der Waals surface area contributed by atoms with Gasteiger partial charge in [0, 0.05) is 24.0 Å². The van der Waals surface area contributed by atoms with Crippen LogP contribution in [0.1, 0.15) is 39.5 Å². The predicted octanol–water partition coefficient (Wildman–Crippen LogP) is 2.36. The minimum absolute atomic E-state index is 0.0417. The van der Waals surface area contributed by atoms with Crippen molar-refractivity contribution in [2.75, 3.05) is 22.8 Å². The van der Waals surface area contributed by atoms with Crippen LogP contribution in [0, 0.1) is 5.92 Å². The predicted molar refractivity (Wildman–Crippen MR) is 106 cm³/mol. The highest BCUT2D eigenvalue weighted by molar-refractivity contribution is 7.92. The van der Waals surface area contributed by atoms with E-state index < -0.39 is 25.3 Å². The van der Waals surface area contributed by atoms with E-state index in [1.165, 1.54) is 0 Å². The molecule has 148 valence electrons. The summed E-state index contributed by atoms with van der Waals surface area (Å²) in [5.41, 5.74) is 1.47. The maximum atomic E-state index is 11.9. The highest BCUT2D eigenvalue weighted by Gasteiger charge is 2.26. The number of benzene rings is 1. The molecule has 0 bridgehead atoms. The number of rotatable bonds is 8. The second-order valence-electron chi connectivity index (χ2n) is 7.26. The molecule has 1 fully saturated rings. The molecule has 1 aliphatic rings. The van der Waals surface area contributed by atoms with Crippen LogP contribution in [0.2, 0.25) is 0 Å². The Bertz CT molecular complexity index is 782. The molecule has 0 amide bonds. The van der Waals surface area contributed by atoms with Gasteiger partial charge in [-0.3, -0.25) is 4.72 Å². The monoisotopic (exact) mass is 403 g/mol. The van der Waals surface area contributed by atoms with Crippen LogP contribution in [0.15, 0.2) is 24.3 Å². The molecule has 26 heavy (non-hydrogen) atoms. The van der Waals surface area contributed by atoms with Crippen molar-refractivity contribution in [1.82, 2.24) is 4.72 Å². The molecule has 2 rings (SSSR count). The van der Waals surface area contributed by atoms with E-state index in [4.69, 9.17) is 0 Å². The maximum Gasteiger partial charge on any atom is 0.229 e. The first-order valence-corrected chi connectivity index (χ1v) is 12.3. The fourth-order valence-electron chi connectivity index (χ4n) is 2.99. The van der Waals surface area contributed by atoms with Gasteiger partial charge in [-0.2, -0.15) is 0 Å². The molecular formula is C17H29N3O4S2. The molecule has 0 aromatic heterocycles. The first-order valence-electron chi connectivity index (χ1n) is 8.88.